The molecule has 0 unspecified atom stereocenters. The maximum absolute atomic E-state index is 11.9. The minimum Gasteiger partial charge on any atom is -0.483 e. The van der Waals surface area contributed by atoms with Crippen LogP contribution in [-0.4, -0.2) is 32.1 Å². The molecule has 1 saturated heterocycles. The van der Waals surface area contributed by atoms with Gasteiger partial charge in [-0.3, -0.25) is 4.79 Å². The Balaban J connectivity index is 2.61. The lowest BCUT2D eigenvalue weighted by atomic mass is 9.88. The number of Topliss-reactive ketones (excluding diaryl/α,β-unsaturated/α-hetero) is 1. The Labute approximate surface area is 97.0 Å². The molecule has 0 bridgehead atoms. The van der Waals surface area contributed by atoms with Crippen molar-refractivity contribution in [2.45, 2.75) is 32.2 Å². The second kappa shape index (κ2) is 6.53. The van der Waals surface area contributed by atoms with Gasteiger partial charge in [0, 0.05) is 19.6 Å². The van der Waals surface area contributed by atoms with Crippen LogP contribution in [0.1, 0.15) is 26.2 Å². The maximum Gasteiger partial charge on any atom is 0.179 e. The molecule has 0 aromatic rings. The standard InChI is InChI=1S/C12H21NO3/c1-4-11(14)12(13-9(2)15-3)10-5-7-16-8-6-10/h10,12-13H,2,4-8H2,1,3H3/t12-/m0/s1. The van der Waals surface area contributed by atoms with Gasteiger partial charge in [-0.1, -0.05) is 6.92 Å². The van der Waals surface area contributed by atoms with Gasteiger partial charge in [-0.2, -0.15) is 0 Å². The van der Waals surface area contributed by atoms with E-state index < -0.39 is 0 Å². The molecular formula is C12H21NO3. The van der Waals surface area contributed by atoms with E-state index in [0.29, 0.717) is 18.2 Å². The van der Waals surface area contributed by atoms with Gasteiger partial charge in [-0.25, -0.2) is 0 Å². The number of hydrogen-bond donors (Lipinski definition) is 1. The number of carbonyl (C=O) groups excluding carboxylic acids is 1. The quantitative estimate of drug-likeness (QED) is 0.698. The van der Waals surface area contributed by atoms with Crippen molar-refractivity contribution in [3.63, 3.8) is 0 Å². The van der Waals surface area contributed by atoms with E-state index in [1.807, 2.05) is 6.92 Å². The van der Waals surface area contributed by atoms with Crippen molar-refractivity contribution in [3.05, 3.63) is 12.5 Å². The van der Waals surface area contributed by atoms with Crippen LogP contribution in [0.3, 0.4) is 0 Å². The number of ether oxygens (including phenoxy) is 2. The number of methoxy groups -OCH3 is 1. The predicted molar refractivity (Wildman–Crippen MR) is 61.9 cm³/mol. The summed E-state index contributed by atoms with van der Waals surface area (Å²) in [7, 11) is 1.55. The summed E-state index contributed by atoms with van der Waals surface area (Å²) in [5.41, 5.74) is 0. The zero-order valence-corrected chi connectivity index (χ0v) is 10.1. The van der Waals surface area contributed by atoms with Crippen LogP contribution in [0.4, 0.5) is 0 Å². The maximum atomic E-state index is 11.9. The first-order chi connectivity index (χ1) is 7.69. The Morgan fingerprint density at radius 3 is 2.69 bits per heavy atom. The highest BCUT2D eigenvalue weighted by atomic mass is 16.5. The highest BCUT2D eigenvalue weighted by molar-refractivity contribution is 5.84. The van der Waals surface area contributed by atoms with Crippen molar-refractivity contribution < 1.29 is 14.3 Å². The molecule has 1 rings (SSSR count). The minimum atomic E-state index is -0.179. The molecule has 1 heterocycles. The lowest BCUT2D eigenvalue weighted by Crippen LogP contribution is -2.44. The van der Waals surface area contributed by atoms with Crippen LogP contribution in [0.2, 0.25) is 0 Å². The van der Waals surface area contributed by atoms with E-state index >= 15 is 0 Å². The zero-order valence-electron chi connectivity index (χ0n) is 10.1. The Bertz CT molecular complexity index is 247. The molecule has 16 heavy (non-hydrogen) atoms. The van der Waals surface area contributed by atoms with Gasteiger partial charge in [0.1, 0.15) is 0 Å². The normalized spacial score (nSPS) is 18.9. The Hall–Kier alpha value is -1.03. The molecule has 0 aliphatic carbocycles. The fourth-order valence-corrected chi connectivity index (χ4v) is 1.96. The molecule has 1 N–H and O–H groups in total. The van der Waals surface area contributed by atoms with Crippen molar-refractivity contribution in [1.29, 1.82) is 0 Å². The average Bonchev–Trinajstić information content (AvgIpc) is 2.35. The molecule has 4 nitrogen and oxygen atoms in total. The summed E-state index contributed by atoms with van der Waals surface area (Å²) in [5.74, 6) is 0.997. The highest BCUT2D eigenvalue weighted by Gasteiger charge is 2.29. The van der Waals surface area contributed by atoms with Crippen LogP contribution in [0.25, 0.3) is 0 Å². The van der Waals surface area contributed by atoms with Crippen LogP contribution < -0.4 is 5.32 Å². The first-order valence-corrected chi connectivity index (χ1v) is 5.79. The summed E-state index contributed by atoms with van der Waals surface area (Å²) < 4.78 is 10.3. The first kappa shape index (κ1) is 13.0. The molecule has 4 heteroatoms. The number of nitrogens with one attached hydrogen (secondary N) is 1. The molecule has 0 aromatic carbocycles. The molecule has 0 amide bonds. The summed E-state index contributed by atoms with van der Waals surface area (Å²) in [6.07, 6.45) is 2.37. The van der Waals surface area contributed by atoms with Crippen LogP contribution in [0.5, 0.6) is 0 Å². The highest BCUT2D eigenvalue weighted by Crippen LogP contribution is 2.21. The molecule has 1 fully saturated rings. The second-order valence-electron chi connectivity index (χ2n) is 4.02. The third-order valence-corrected chi connectivity index (χ3v) is 3.00. The SMILES string of the molecule is C=C(N[C@H](C(=O)CC)C1CCOCC1)OC. The van der Waals surface area contributed by atoms with Crippen molar-refractivity contribution in [2.24, 2.45) is 5.92 Å². The van der Waals surface area contributed by atoms with Gasteiger partial charge in [0.2, 0.25) is 0 Å². The lowest BCUT2D eigenvalue weighted by molar-refractivity contribution is -0.123. The molecular weight excluding hydrogens is 206 g/mol. The fourth-order valence-electron chi connectivity index (χ4n) is 1.96. The molecule has 1 aliphatic rings. The van der Waals surface area contributed by atoms with Crippen molar-refractivity contribution >= 4 is 5.78 Å². The monoisotopic (exact) mass is 227 g/mol. The van der Waals surface area contributed by atoms with Gasteiger partial charge in [0.25, 0.3) is 0 Å². The summed E-state index contributed by atoms with van der Waals surface area (Å²) in [4.78, 5) is 11.9. The van der Waals surface area contributed by atoms with E-state index in [2.05, 4.69) is 11.9 Å². The molecule has 1 aliphatic heterocycles. The summed E-state index contributed by atoms with van der Waals surface area (Å²) in [6, 6.07) is -0.179. The van der Waals surface area contributed by atoms with Crippen LogP contribution in [-0.2, 0) is 14.3 Å². The van der Waals surface area contributed by atoms with Gasteiger partial charge < -0.3 is 14.8 Å². The van der Waals surface area contributed by atoms with Crippen molar-refractivity contribution in [3.8, 4) is 0 Å². The Morgan fingerprint density at radius 2 is 2.19 bits per heavy atom. The van der Waals surface area contributed by atoms with Crippen LogP contribution >= 0.6 is 0 Å². The number of carbonyl (C=O) groups is 1. The average molecular weight is 227 g/mol. The topological polar surface area (TPSA) is 47.6 Å². The molecule has 0 radical (unpaired) electrons. The predicted octanol–water partition coefficient (Wildman–Crippen LogP) is 1.47. The second-order valence-corrected chi connectivity index (χ2v) is 4.02. The van der Waals surface area contributed by atoms with Gasteiger partial charge in [-0.15, -0.1) is 0 Å². The molecule has 92 valence electrons. The first-order valence-electron chi connectivity index (χ1n) is 5.79. The Morgan fingerprint density at radius 1 is 1.56 bits per heavy atom. The number of rotatable bonds is 6. The van der Waals surface area contributed by atoms with E-state index in [1.54, 1.807) is 7.11 Å². The molecule has 1 atom stereocenters. The van der Waals surface area contributed by atoms with Crippen molar-refractivity contribution in [2.75, 3.05) is 20.3 Å². The summed E-state index contributed by atoms with van der Waals surface area (Å²) in [6.45, 7) is 7.06. The van der Waals surface area contributed by atoms with Crippen molar-refractivity contribution in [1.82, 2.24) is 5.32 Å². The Kier molecular flexibility index (Phi) is 5.32. The zero-order chi connectivity index (χ0) is 12.0. The van der Waals surface area contributed by atoms with Gasteiger partial charge >= 0.3 is 0 Å². The van der Waals surface area contributed by atoms with E-state index in [-0.39, 0.29) is 11.8 Å². The summed E-state index contributed by atoms with van der Waals surface area (Å²) in [5, 5.41) is 3.07. The van der Waals surface area contributed by atoms with Gasteiger partial charge in [0.05, 0.1) is 13.2 Å². The third-order valence-electron chi connectivity index (χ3n) is 3.00. The smallest absolute Gasteiger partial charge is 0.179 e. The number of ketones is 1. The van der Waals surface area contributed by atoms with Gasteiger partial charge in [0.15, 0.2) is 11.7 Å². The van der Waals surface area contributed by atoms with E-state index in [9.17, 15) is 4.79 Å². The van der Waals surface area contributed by atoms with Gasteiger partial charge in [-0.05, 0) is 25.3 Å². The minimum absolute atomic E-state index is 0.179. The van der Waals surface area contributed by atoms with E-state index in [4.69, 9.17) is 9.47 Å². The molecule has 0 spiro atoms. The van der Waals surface area contributed by atoms with Crippen LogP contribution in [0.15, 0.2) is 12.5 Å². The van der Waals surface area contributed by atoms with E-state index in [1.165, 1.54) is 0 Å². The molecule has 0 saturated carbocycles. The van der Waals surface area contributed by atoms with Crippen LogP contribution in [0, 0.1) is 5.92 Å². The number of hydrogen-bond acceptors (Lipinski definition) is 4. The third kappa shape index (κ3) is 3.52. The largest absolute Gasteiger partial charge is 0.483 e. The van der Waals surface area contributed by atoms with E-state index in [0.717, 1.165) is 26.1 Å². The summed E-state index contributed by atoms with van der Waals surface area (Å²) >= 11 is 0. The fraction of sp³-hybridized carbons (Fsp3) is 0.750. The molecule has 0 aromatic heterocycles. The lowest BCUT2D eigenvalue weighted by Gasteiger charge is -2.30.